The number of para-hydroxylation sites is 1. The first-order valence-electron chi connectivity index (χ1n) is 6.51. The van der Waals surface area contributed by atoms with E-state index in [4.69, 9.17) is 4.42 Å². The van der Waals surface area contributed by atoms with Gasteiger partial charge in [0.15, 0.2) is 0 Å². The van der Waals surface area contributed by atoms with Crippen LogP contribution in [0.2, 0.25) is 0 Å². The molecule has 0 aliphatic heterocycles. The lowest BCUT2D eigenvalue weighted by Gasteiger charge is -2.12. The van der Waals surface area contributed by atoms with Gasteiger partial charge in [-0.05, 0) is 42.5 Å². The highest BCUT2D eigenvalue weighted by atomic mass is 32.2. The van der Waals surface area contributed by atoms with Crippen LogP contribution in [0.4, 0.5) is 11.4 Å². The van der Waals surface area contributed by atoms with Crippen LogP contribution < -0.4 is 5.32 Å². The van der Waals surface area contributed by atoms with E-state index in [1.165, 1.54) is 18.4 Å². The van der Waals surface area contributed by atoms with E-state index in [1.54, 1.807) is 18.2 Å². The predicted molar refractivity (Wildman–Crippen MR) is 83.7 cm³/mol. The van der Waals surface area contributed by atoms with Crippen LogP contribution in [0.1, 0.15) is 0 Å². The van der Waals surface area contributed by atoms with Gasteiger partial charge in [0.25, 0.3) is 10.1 Å². The number of hydrogen-bond acceptors (Lipinski definition) is 4. The van der Waals surface area contributed by atoms with Crippen LogP contribution >= 0.6 is 0 Å². The molecule has 0 aliphatic rings. The van der Waals surface area contributed by atoms with Crippen LogP contribution in [0, 0.1) is 0 Å². The van der Waals surface area contributed by atoms with Crippen molar-refractivity contribution >= 4 is 21.5 Å². The standard InChI is InChI=1S/C16H13NO4S/c18-22(19,20)13-8-9-15(17-12-5-2-1-3-6-12)14(11-13)16-7-4-10-21-16/h1-11,17H,(H,18,19,20). The van der Waals surface area contributed by atoms with Gasteiger partial charge in [-0.25, -0.2) is 0 Å². The van der Waals surface area contributed by atoms with Gasteiger partial charge in [-0.15, -0.1) is 0 Å². The van der Waals surface area contributed by atoms with Crippen molar-refractivity contribution in [3.8, 4) is 11.3 Å². The van der Waals surface area contributed by atoms with Crippen LogP contribution in [0.25, 0.3) is 11.3 Å². The summed E-state index contributed by atoms with van der Waals surface area (Å²) in [5.74, 6) is 0.504. The van der Waals surface area contributed by atoms with Crippen molar-refractivity contribution in [1.29, 1.82) is 0 Å². The van der Waals surface area contributed by atoms with Gasteiger partial charge < -0.3 is 9.73 Å². The molecule has 0 bridgehead atoms. The maximum atomic E-state index is 11.3. The fraction of sp³-hybridized carbons (Fsp3) is 0. The van der Waals surface area contributed by atoms with Gasteiger partial charge in [0.2, 0.25) is 0 Å². The maximum Gasteiger partial charge on any atom is 0.294 e. The number of furan rings is 1. The van der Waals surface area contributed by atoms with Gasteiger partial charge in [0.1, 0.15) is 5.76 Å². The van der Waals surface area contributed by atoms with Crippen LogP contribution in [0.15, 0.2) is 76.2 Å². The summed E-state index contributed by atoms with van der Waals surface area (Å²) in [5, 5.41) is 3.20. The molecule has 0 spiro atoms. The zero-order valence-electron chi connectivity index (χ0n) is 11.4. The number of anilines is 2. The van der Waals surface area contributed by atoms with E-state index in [2.05, 4.69) is 5.32 Å². The molecule has 0 amide bonds. The second-order valence-electron chi connectivity index (χ2n) is 4.65. The number of nitrogens with one attached hydrogen (secondary N) is 1. The van der Waals surface area contributed by atoms with Crippen molar-refractivity contribution in [2.75, 3.05) is 5.32 Å². The second kappa shape index (κ2) is 5.67. The minimum atomic E-state index is -4.28. The highest BCUT2D eigenvalue weighted by Gasteiger charge is 2.15. The van der Waals surface area contributed by atoms with Crippen molar-refractivity contribution < 1.29 is 17.4 Å². The molecule has 2 N–H and O–H groups in total. The minimum Gasteiger partial charge on any atom is -0.464 e. The lowest BCUT2D eigenvalue weighted by atomic mass is 10.1. The SMILES string of the molecule is O=S(=O)(O)c1ccc(Nc2ccccc2)c(-c2ccco2)c1. The summed E-state index contributed by atoms with van der Waals surface area (Å²) in [6, 6.07) is 17.2. The summed E-state index contributed by atoms with van der Waals surface area (Å²) >= 11 is 0. The molecule has 2 aromatic carbocycles. The Morgan fingerprint density at radius 2 is 1.73 bits per heavy atom. The molecule has 6 heteroatoms. The molecule has 0 fully saturated rings. The summed E-state index contributed by atoms with van der Waals surface area (Å²) in [4.78, 5) is -0.183. The van der Waals surface area contributed by atoms with Crippen molar-refractivity contribution in [3.63, 3.8) is 0 Å². The highest BCUT2D eigenvalue weighted by Crippen LogP contribution is 2.32. The molecule has 3 rings (SSSR count). The average molecular weight is 315 g/mol. The summed E-state index contributed by atoms with van der Waals surface area (Å²) in [6.07, 6.45) is 1.50. The van der Waals surface area contributed by atoms with Crippen molar-refractivity contribution in [3.05, 3.63) is 66.9 Å². The first-order valence-corrected chi connectivity index (χ1v) is 7.95. The average Bonchev–Trinajstić information content (AvgIpc) is 3.01. The normalized spacial score (nSPS) is 11.3. The van der Waals surface area contributed by atoms with Gasteiger partial charge in [-0.2, -0.15) is 8.42 Å². The van der Waals surface area contributed by atoms with Gasteiger partial charge in [-0.1, -0.05) is 18.2 Å². The molecule has 0 unspecified atom stereocenters. The molecule has 0 saturated carbocycles. The summed E-state index contributed by atoms with van der Waals surface area (Å²) in [6.45, 7) is 0. The van der Waals surface area contributed by atoms with Gasteiger partial charge in [0, 0.05) is 16.9 Å². The molecular formula is C16H13NO4S. The third-order valence-corrected chi connectivity index (χ3v) is 3.98. The van der Waals surface area contributed by atoms with Crippen LogP contribution in [-0.4, -0.2) is 13.0 Å². The lowest BCUT2D eigenvalue weighted by molar-refractivity contribution is 0.483. The van der Waals surface area contributed by atoms with Crippen molar-refractivity contribution in [2.24, 2.45) is 0 Å². The molecule has 0 radical (unpaired) electrons. The van der Waals surface area contributed by atoms with E-state index < -0.39 is 10.1 Å². The van der Waals surface area contributed by atoms with Crippen LogP contribution in [0.5, 0.6) is 0 Å². The molecule has 1 aromatic heterocycles. The third kappa shape index (κ3) is 3.03. The quantitative estimate of drug-likeness (QED) is 0.713. The lowest BCUT2D eigenvalue weighted by Crippen LogP contribution is -2.00. The molecule has 1 heterocycles. The van der Waals surface area contributed by atoms with Crippen LogP contribution in [0.3, 0.4) is 0 Å². The van der Waals surface area contributed by atoms with Gasteiger partial charge >= 0.3 is 0 Å². The molecule has 112 valence electrons. The Morgan fingerprint density at radius 1 is 0.955 bits per heavy atom. The molecular weight excluding hydrogens is 302 g/mol. The monoisotopic (exact) mass is 315 g/mol. The Bertz CT molecular complexity index is 872. The Hall–Kier alpha value is -2.57. The largest absolute Gasteiger partial charge is 0.464 e. The van der Waals surface area contributed by atoms with E-state index >= 15 is 0 Å². The number of rotatable bonds is 4. The Morgan fingerprint density at radius 3 is 2.36 bits per heavy atom. The highest BCUT2D eigenvalue weighted by molar-refractivity contribution is 7.85. The van der Waals surface area contributed by atoms with E-state index in [-0.39, 0.29) is 4.90 Å². The summed E-state index contributed by atoms with van der Waals surface area (Å²) in [7, 11) is -4.28. The fourth-order valence-corrected chi connectivity index (χ4v) is 2.61. The Balaban J connectivity index is 2.10. The minimum absolute atomic E-state index is 0.183. The Kier molecular flexibility index (Phi) is 3.70. The van der Waals surface area contributed by atoms with E-state index in [9.17, 15) is 13.0 Å². The molecule has 3 aromatic rings. The molecule has 0 aliphatic carbocycles. The summed E-state index contributed by atoms with van der Waals surface area (Å²) < 4.78 is 37.2. The third-order valence-electron chi connectivity index (χ3n) is 3.13. The first-order chi connectivity index (χ1) is 10.5. The van der Waals surface area contributed by atoms with E-state index in [0.29, 0.717) is 17.0 Å². The van der Waals surface area contributed by atoms with E-state index in [1.807, 2.05) is 30.3 Å². The second-order valence-corrected chi connectivity index (χ2v) is 6.07. The first kappa shape index (κ1) is 14.4. The number of benzene rings is 2. The van der Waals surface area contributed by atoms with Gasteiger partial charge in [0.05, 0.1) is 11.2 Å². The van der Waals surface area contributed by atoms with Crippen LogP contribution in [-0.2, 0) is 10.1 Å². The molecule has 22 heavy (non-hydrogen) atoms. The Labute approximate surface area is 128 Å². The van der Waals surface area contributed by atoms with E-state index in [0.717, 1.165) is 5.69 Å². The number of hydrogen-bond donors (Lipinski definition) is 2. The molecule has 5 nitrogen and oxygen atoms in total. The van der Waals surface area contributed by atoms with Gasteiger partial charge in [-0.3, -0.25) is 4.55 Å². The van der Waals surface area contributed by atoms with Crippen molar-refractivity contribution in [1.82, 2.24) is 0 Å². The fourth-order valence-electron chi connectivity index (χ4n) is 2.11. The molecule has 0 saturated heterocycles. The van der Waals surface area contributed by atoms with Crippen molar-refractivity contribution in [2.45, 2.75) is 4.90 Å². The summed E-state index contributed by atoms with van der Waals surface area (Å²) in [5.41, 5.74) is 2.08. The zero-order chi connectivity index (χ0) is 15.6. The smallest absolute Gasteiger partial charge is 0.294 e. The zero-order valence-corrected chi connectivity index (χ0v) is 12.2. The molecule has 0 atom stereocenters. The maximum absolute atomic E-state index is 11.3. The topological polar surface area (TPSA) is 79.5 Å². The predicted octanol–water partition coefficient (Wildman–Crippen LogP) is 3.94.